The smallest absolute Gasteiger partial charge is 0.0674 e. The molecule has 1 atom stereocenters. The first-order valence-corrected chi connectivity index (χ1v) is 6.80. The molecule has 1 unspecified atom stereocenters. The second kappa shape index (κ2) is 5.43. The van der Waals surface area contributed by atoms with E-state index in [2.05, 4.69) is 47.7 Å². The van der Waals surface area contributed by atoms with E-state index >= 15 is 0 Å². The highest BCUT2D eigenvalue weighted by Crippen LogP contribution is 2.29. The molecule has 2 heterocycles. The summed E-state index contributed by atoms with van der Waals surface area (Å²) in [4.78, 5) is 5.66. The van der Waals surface area contributed by atoms with E-state index in [9.17, 15) is 0 Å². The van der Waals surface area contributed by atoms with Gasteiger partial charge in [-0.15, -0.1) is 11.3 Å². The lowest BCUT2D eigenvalue weighted by Crippen LogP contribution is -2.21. The SMILES string of the molecule is CCNC(c1ccnc(C)c1)c1sccc1C. The van der Waals surface area contributed by atoms with E-state index in [1.807, 2.05) is 24.5 Å². The number of hydrogen-bond donors (Lipinski definition) is 1. The molecule has 0 fully saturated rings. The number of hydrogen-bond acceptors (Lipinski definition) is 3. The summed E-state index contributed by atoms with van der Waals surface area (Å²) in [7, 11) is 0. The van der Waals surface area contributed by atoms with Crippen LogP contribution in [-0.4, -0.2) is 11.5 Å². The second-order valence-electron chi connectivity index (χ2n) is 4.19. The van der Waals surface area contributed by atoms with E-state index in [-0.39, 0.29) is 0 Å². The van der Waals surface area contributed by atoms with Crippen molar-refractivity contribution in [3.63, 3.8) is 0 Å². The summed E-state index contributed by atoms with van der Waals surface area (Å²) in [6.07, 6.45) is 1.89. The fourth-order valence-electron chi connectivity index (χ4n) is 1.99. The summed E-state index contributed by atoms with van der Waals surface area (Å²) in [5.41, 5.74) is 3.72. The molecule has 0 aliphatic carbocycles. The van der Waals surface area contributed by atoms with Crippen molar-refractivity contribution in [2.75, 3.05) is 6.54 Å². The van der Waals surface area contributed by atoms with Crippen LogP contribution in [-0.2, 0) is 0 Å². The van der Waals surface area contributed by atoms with Crippen LogP contribution in [0.4, 0.5) is 0 Å². The molecule has 17 heavy (non-hydrogen) atoms. The molecule has 0 aromatic carbocycles. The summed E-state index contributed by atoms with van der Waals surface area (Å²) >= 11 is 1.82. The zero-order valence-electron chi connectivity index (χ0n) is 10.5. The van der Waals surface area contributed by atoms with Gasteiger partial charge in [0.1, 0.15) is 0 Å². The van der Waals surface area contributed by atoms with E-state index in [0.717, 1.165) is 12.2 Å². The van der Waals surface area contributed by atoms with Crippen molar-refractivity contribution in [2.45, 2.75) is 26.8 Å². The number of nitrogens with one attached hydrogen (secondary N) is 1. The predicted molar refractivity (Wildman–Crippen MR) is 73.5 cm³/mol. The topological polar surface area (TPSA) is 24.9 Å². The third-order valence-electron chi connectivity index (χ3n) is 2.83. The zero-order chi connectivity index (χ0) is 12.3. The fourth-order valence-corrected chi connectivity index (χ4v) is 3.02. The van der Waals surface area contributed by atoms with Gasteiger partial charge in [0.15, 0.2) is 0 Å². The van der Waals surface area contributed by atoms with Crippen LogP contribution in [0.3, 0.4) is 0 Å². The number of aromatic nitrogens is 1. The van der Waals surface area contributed by atoms with E-state index < -0.39 is 0 Å². The third-order valence-corrected chi connectivity index (χ3v) is 3.91. The van der Waals surface area contributed by atoms with Gasteiger partial charge in [-0.05, 0) is 55.1 Å². The highest BCUT2D eigenvalue weighted by Gasteiger charge is 2.16. The predicted octanol–water partition coefficient (Wildman–Crippen LogP) is 3.46. The Bertz CT molecular complexity index is 490. The minimum absolute atomic E-state index is 0.293. The third kappa shape index (κ3) is 2.73. The number of thiophene rings is 1. The van der Waals surface area contributed by atoms with Gasteiger partial charge in [-0.3, -0.25) is 4.98 Å². The van der Waals surface area contributed by atoms with Gasteiger partial charge in [-0.1, -0.05) is 6.92 Å². The minimum atomic E-state index is 0.293. The largest absolute Gasteiger partial charge is 0.306 e. The molecule has 2 nitrogen and oxygen atoms in total. The maximum Gasteiger partial charge on any atom is 0.0674 e. The molecular weight excluding hydrogens is 228 g/mol. The van der Waals surface area contributed by atoms with Gasteiger partial charge < -0.3 is 5.32 Å². The van der Waals surface area contributed by atoms with Crippen molar-refractivity contribution in [3.8, 4) is 0 Å². The van der Waals surface area contributed by atoms with Crippen molar-refractivity contribution in [2.24, 2.45) is 0 Å². The highest BCUT2D eigenvalue weighted by atomic mass is 32.1. The molecule has 0 amide bonds. The molecular formula is C14H18N2S. The van der Waals surface area contributed by atoms with Crippen LogP contribution in [0.2, 0.25) is 0 Å². The minimum Gasteiger partial charge on any atom is -0.306 e. The fraction of sp³-hybridized carbons (Fsp3) is 0.357. The van der Waals surface area contributed by atoms with Crippen molar-refractivity contribution in [1.29, 1.82) is 0 Å². The van der Waals surface area contributed by atoms with Gasteiger partial charge in [-0.2, -0.15) is 0 Å². The van der Waals surface area contributed by atoms with Crippen molar-refractivity contribution >= 4 is 11.3 Å². The highest BCUT2D eigenvalue weighted by molar-refractivity contribution is 7.10. The lowest BCUT2D eigenvalue weighted by molar-refractivity contribution is 0.636. The quantitative estimate of drug-likeness (QED) is 0.893. The summed E-state index contributed by atoms with van der Waals surface area (Å²) in [6, 6.07) is 6.73. The normalized spacial score (nSPS) is 12.6. The van der Waals surface area contributed by atoms with Gasteiger partial charge in [0.05, 0.1) is 6.04 Å². The van der Waals surface area contributed by atoms with E-state index in [4.69, 9.17) is 0 Å². The van der Waals surface area contributed by atoms with Crippen LogP contribution >= 0.6 is 11.3 Å². The average Bonchev–Trinajstić information content (AvgIpc) is 2.72. The molecule has 2 aromatic rings. The molecule has 2 aromatic heterocycles. The van der Waals surface area contributed by atoms with Crippen LogP contribution in [0.15, 0.2) is 29.8 Å². The molecule has 0 saturated heterocycles. The van der Waals surface area contributed by atoms with Gasteiger partial charge in [-0.25, -0.2) is 0 Å². The molecule has 3 heteroatoms. The number of pyridine rings is 1. The summed E-state index contributed by atoms with van der Waals surface area (Å²) < 4.78 is 0. The summed E-state index contributed by atoms with van der Waals surface area (Å²) in [5.74, 6) is 0. The van der Waals surface area contributed by atoms with Crippen LogP contribution in [0.25, 0.3) is 0 Å². The first kappa shape index (κ1) is 12.3. The number of nitrogens with zero attached hydrogens (tertiary/aromatic N) is 1. The van der Waals surface area contributed by atoms with Crippen molar-refractivity contribution in [1.82, 2.24) is 10.3 Å². The molecule has 0 bridgehead atoms. The molecule has 0 saturated carbocycles. The van der Waals surface area contributed by atoms with Crippen molar-refractivity contribution in [3.05, 3.63) is 51.5 Å². The van der Waals surface area contributed by atoms with Crippen LogP contribution in [0, 0.1) is 13.8 Å². The van der Waals surface area contributed by atoms with E-state index in [1.165, 1.54) is 16.0 Å². The lowest BCUT2D eigenvalue weighted by atomic mass is 10.0. The van der Waals surface area contributed by atoms with E-state index in [1.54, 1.807) is 0 Å². The Kier molecular flexibility index (Phi) is 3.92. The summed E-state index contributed by atoms with van der Waals surface area (Å²) in [6.45, 7) is 7.31. The molecule has 90 valence electrons. The molecule has 0 spiro atoms. The van der Waals surface area contributed by atoms with Crippen LogP contribution in [0.5, 0.6) is 0 Å². The summed E-state index contributed by atoms with van der Waals surface area (Å²) in [5, 5.41) is 5.71. The molecule has 1 N–H and O–H groups in total. The average molecular weight is 246 g/mol. The van der Waals surface area contributed by atoms with Gasteiger partial charge >= 0.3 is 0 Å². The van der Waals surface area contributed by atoms with Gasteiger partial charge in [0.25, 0.3) is 0 Å². The maximum absolute atomic E-state index is 4.26. The Morgan fingerprint density at radius 3 is 2.76 bits per heavy atom. The molecule has 0 radical (unpaired) electrons. The molecule has 0 aliphatic rings. The van der Waals surface area contributed by atoms with Gasteiger partial charge in [0, 0.05) is 16.8 Å². The van der Waals surface area contributed by atoms with Crippen LogP contribution in [0.1, 0.15) is 34.7 Å². The Morgan fingerprint density at radius 1 is 1.35 bits per heavy atom. The monoisotopic (exact) mass is 246 g/mol. The standard InChI is InChI=1S/C14H18N2S/c1-4-15-13(14-10(2)6-8-17-14)12-5-7-16-11(3)9-12/h5-9,13,15H,4H2,1-3H3. The Labute approximate surface area is 107 Å². The first-order valence-electron chi connectivity index (χ1n) is 5.92. The van der Waals surface area contributed by atoms with Gasteiger partial charge in [0.2, 0.25) is 0 Å². The number of rotatable bonds is 4. The second-order valence-corrected chi connectivity index (χ2v) is 5.14. The lowest BCUT2D eigenvalue weighted by Gasteiger charge is -2.18. The Balaban J connectivity index is 2.39. The Morgan fingerprint density at radius 2 is 2.18 bits per heavy atom. The number of aryl methyl sites for hydroxylation is 2. The molecule has 2 rings (SSSR count). The Hall–Kier alpha value is -1.19. The van der Waals surface area contributed by atoms with E-state index in [0.29, 0.717) is 6.04 Å². The molecule has 0 aliphatic heterocycles. The zero-order valence-corrected chi connectivity index (χ0v) is 11.3. The maximum atomic E-state index is 4.26. The van der Waals surface area contributed by atoms with Crippen molar-refractivity contribution < 1.29 is 0 Å². The van der Waals surface area contributed by atoms with Crippen LogP contribution < -0.4 is 5.32 Å². The first-order chi connectivity index (χ1) is 8.22.